The van der Waals surface area contributed by atoms with Crippen LogP contribution < -0.4 is 10.6 Å². The number of hydrogen-bond acceptors (Lipinski definition) is 3. The second-order valence-corrected chi connectivity index (χ2v) is 6.14. The third-order valence-corrected chi connectivity index (χ3v) is 5.02. The fourth-order valence-electron chi connectivity index (χ4n) is 2.94. The van der Waals surface area contributed by atoms with Crippen LogP contribution in [0.1, 0.15) is 29.9 Å². The van der Waals surface area contributed by atoms with Gasteiger partial charge in [0.25, 0.3) is 0 Å². The smallest absolute Gasteiger partial charge is 0.0950 e. The lowest BCUT2D eigenvalue weighted by Crippen LogP contribution is -2.19. The van der Waals surface area contributed by atoms with Crippen LogP contribution >= 0.6 is 11.3 Å². The monoisotopic (exact) mass is 272 g/mol. The van der Waals surface area contributed by atoms with Gasteiger partial charge in [0.1, 0.15) is 0 Å². The van der Waals surface area contributed by atoms with E-state index in [9.17, 15) is 0 Å². The highest BCUT2D eigenvalue weighted by Crippen LogP contribution is 2.35. The molecule has 3 rings (SSSR count). The summed E-state index contributed by atoms with van der Waals surface area (Å²) in [6.07, 6.45) is 3.70. The molecule has 0 bridgehead atoms. The lowest BCUT2D eigenvalue weighted by Gasteiger charge is -2.26. The molecule has 0 spiro atoms. The van der Waals surface area contributed by atoms with E-state index in [4.69, 9.17) is 5.73 Å². The minimum absolute atomic E-state index is 0.560. The molecule has 1 aliphatic rings. The van der Waals surface area contributed by atoms with Gasteiger partial charge in [-0.2, -0.15) is 0 Å². The summed E-state index contributed by atoms with van der Waals surface area (Å²) < 4.78 is 0. The van der Waals surface area contributed by atoms with Gasteiger partial charge in [0, 0.05) is 12.7 Å². The van der Waals surface area contributed by atoms with Crippen LogP contribution in [0.15, 0.2) is 35.7 Å². The standard InChI is InChI=1S/C16H20N2S/c1-18(16-6-3-9-19-16)14-7-8-15-12(10-14)4-2-5-13(15)11-17/h3,6-10,13H,2,4-5,11,17H2,1H3/t13-/m0/s1. The second-order valence-electron chi connectivity index (χ2n) is 5.22. The first-order valence-electron chi connectivity index (χ1n) is 6.89. The van der Waals surface area contributed by atoms with Crippen LogP contribution in [0.5, 0.6) is 0 Å². The fourth-order valence-corrected chi connectivity index (χ4v) is 3.66. The number of rotatable bonds is 3. The van der Waals surface area contributed by atoms with Crippen LogP contribution in [0, 0.1) is 0 Å². The third-order valence-electron chi connectivity index (χ3n) is 4.07. The fraction of sp³-hybridized carbons (Fsp3) is 0.375. The second kappa shape index (κ2) is 5.35. The van der Waals surface area contributed by atoms with Crippen molar-refractivity contribution in [2.24, 2.45) is 5.73 Å². The summed E-state index contributed by atoms with van der Waals surface area (Å²) >= 11 is 1.77. The van der Waals surface area contributed by atoms with E-state index >= 15 is 0 Å². The van der Waals surface area contributed by atoms with Gasteiger partial charge in [-0.1, -0.05) is 6.07 Å². The SMILES string of the molecule is CN(c1ccc2c(c1)CCC[C@H]2CN)c1cccs1. The average Bonchev–Trinajstić information content (AvgIpc) is 2.99. The largest absolute Gasteiger partial charge is 0.336 e. The Morgan fingerprint density at radius 2 is 2.26 bits per heavy atom. The highest BCUT2D eigenvalue weighted by Gasteiger charge is 2.19. The average molecular weight is 272 g/mol. The molecule has 2 N–H and O–H groups in total. The minimum atomic E-state index is 0.560. The predicted molar refractivity (Wildman–Crippen MR) is 83.6 cm³/mol. The Bertz CT molecular complexity index is 548. The molecule has 1 aliphatic carbocycles. The summed E-state index contributed by atoms with van der Waals surface area (Å²) in [4.78, 5) is 2.26. The van der Waals surface area contributed by atoms with E-state index in [0.717, 1.165) is 6.54 Å². The van der Waals surface area contributed by atoms with Crippen LogP contribution in [-0.4, -0.2) is 13.6 Å². The number of nitrogens with zero attached hydrogens (tertiary/aromatic N) is 1. The first kappa shape index (κ1) is 12.7. The van der Waals surface area contributed by atoms with E-state index in [1.54, 1.807) is 11.3 Å². The molecule has 0 aliphatic heterocycles. The molecule has 1 heterocycles. The molecule has 0 saturated heterocycles. The molecule has 0 unspecified atom stereocenters. The lowest BCUT2D eigenvalue weighted by atomic mass is 9.82. The van der Waals surface area contributed by atoms with Crippen LogP contribution in [0.2, 0.25) is 0 Å². The van der Waals surface area contributed by atoms with Gasteiger partial charge in [0.05, 0.1) is 5.00 Å². The van der Waals surface area contributed by atoms with E-state index in [2.05, 4.69) is 47.7 Å². The number of anilines is 2. The van der Waals surface area contributed by atoms with Crippen LogP contribution in [-0.2, 0) is 6.42 Å². The van der Waals surface area contributed by atoms with Gasteiger partial charge >= 0.3 is 0 Å². The normalized spacial score (nSPS) is 18.1. The summed E-state index contributed by atoms with van der Waals surface area (Å²) in [6.45, 7) is 0.771. The van der Waals surface area contributed by atoms with E-state index < -0.39 is 0 Å². The van der Waals surface area contributed by atoms with Crippen molar-refractivity contribution < 1.29 is 0 Å². The molecule has 0 amide bonds. The Morgan fingerprint density at radius 3 is 3.00 bits per heavy atom. The molecule has 0 radical (unpaired) electrons. The number of hydrogen-bond donors (Lipinski definition) is 1. The topological polar surface area (TPSA) is 29.3 Å². The molecule has 19 heavy (non-hydrogen) atoms. The van der Waals surface area contributed by atoms with Crippen molar-refractivity contribution in [3.8, 4) is 0 Å². The van der Waals surface area contributed by atoms with Gasteiger partial charge in [0.15, 0.2) is 0 Å². The molecule has 2 aromatic rings. The van der Waals surface area contributed by atoms with Crippen LogP contribution in [0.25, 0.3) is 0 Å². The maximum Gasteiger partial charge on any atom is 0.0950 e. The zero-order chi connectivity index (χ0) is 13.2. The van der Waals surface area contributed by atoms with Gasteiger partial charge < -0.3 is 10.6 Å². The summed E-state index contributed by atoms with van der Waals surface area (Å²) in [5, 5.41) is 3.40. The van der Waals surface area contributed by atoms with Gasteiger partial charge in [0.2, 0.25) is 0 Å². The van der Waals surface area contributed by atoms with E-state index in [1.807, 2.05) is 0 Å². The Kier molecular flexibility index (Phi) is 3.58. The molecule has 2 nitrogen and oxygen atoms in total. The highest BCUT2D eigenvalue weighted by molar-refractivity contribution is 7.14. The van der Waals surface area contributed by atoms with Crippen molar-refractivity contribution in [3.05, 3.63) is 46.8 Å². The number of nitrogens with two attached hydrogens (primary N) is 1. The van der Waals surface area contributed by atoms with Crippen molar-refractivity contribution in [1.29, 1.82) is 0 Å². The highest BCUT2D eigenvalue weighted by atomic mass is 32.1. The molecule has 0 saturated carbocycles. The minimum Gasteiger partial charge on any atom is -0.336 e. The van der Waals surface area contributed by atoms with Gasteiger partial charge in [-0.3, -0.25) is 0 Å². The zero-order valence-corrected chi connectivity index (χ0v) is 12.1. The molecule has 1 atom stereocenters. The summed E-state index contributed by atoms with van der Waals surface area (Å²) in [5.41, 5.74) is 10.1. The Hall–Kier alpha value is -1.32. The molecular formula is C16H20N2S. The molecule has 100 valence electrons. The summed E-state index contributed by atoms with van der Waals surface area (Å²) in [5.74, 6) is 0.560. The number of benzene rings is 1. The van der Waals surface area contributed by atoms with Gasteiger partial charge in [-0.25, -0.2) is 0 Å². The molecule has 1 aromatic heterocycles. The zero-order valence-electron chi connectivity index (χ0n) is 11.3. The van der Waals surface area contributed by atoms with Gasteiger partial charge in [-0.05, 0) is 72.5 Å². The maximum atomic E-state index is 5.88. The number of thiophene rings is 1. The first-order chi connectivity index (χ1) is 9.29. The number of aryl methyl sites for hydroxylation is 1. The van der Waals surface area contributed by atoms with Crippen LogP contribution in [0.4, 0.5) is 10.7 Å². The van der Waals surface area contributed by atoms with E-state index in [0.29, 0.717) is 5.92 Å². The summed E-state index contributed by atoms with van der Waals surface area (Å²) in [6, 6.07) is 11.1. The predicted octanol–water partition coefficient (Wildman–Crippen LogP) is 3.89. The molecular weight excluding hydrogens is 252 g/mol. The van der Waals surface area contributed by atoms with Crippen molar-refractivity contribution in [2.45, 2.75) is 25.2 Å². The van der Waals surface area contributed by atoms with E-state index in [1.165, 1.54) is 41.1 Å². The quantitative estimate of drug-likeness (QED) is 0.918. The van der Waals surface area contributed by atoms with Gasteiger partial charge in [-0.15, -0.1) is 11.3 Å². The summed E-state index contributed by atoms with van der Waals surface area (Å²) in [7, 11) is 2.14. The Morgan fingerprint density at radius 1 is 1.37 bits per heavy atom. The Balaban J connectivity index is 1.93. The third kappa shape index (κ3) is 2.40. The lowest BCUT2D eigenvalue weighted by molar-refractivity contribution is 0.561. The number of fused-ring (bicyclic) bond motifs is 1. The van der Waals surface area contributed by atoms with Crippen molar-refractivity contribution in [1.82, 2.24) is 0 Å². The van der Waals surface area contributed by atoms with Crippen molar-refractivity contribution in [2.75, 3.05) is 18.5 Å². The van der Waals surface area contributed by atoms with E-state index in [-0.39, 0.29) is 0 Å². The molecule has 0 fully saturated rings. The maximum absolute atomic E-state index is 5.88. The molecule has 3 heteroatoms. The van der Waals surface area contributed by atoms with Crippen molar-refractivity contribution >= 4 is 22.0 Å². The van der Waals surface area contributed by atoms with Crippen molar-refractivity contribution in [3.63, 3.8) is 0 Å². The van der Waals surface area contributed by atoms with Crippen LogP contribution in [0.3, 0.4) is 0 Å². The molecule has 1 aromatic carbocycles. The Labute approximate surface area is 118 Å². The first-order valence-corrected chi connectivity index (χ1v) is 7.77.